The van der Waals surface area contributed by atoms with Crippen LogP contribution in [0.2, 0.25) is 5.02 Å². The van der Waals surface area contributed by atoms with Gasteiger partial charge in [-0.3, -0.25) is 9.36 Å². The number of fused-ring (bicyclic) bond motifs is 1. The summed E-state index contributed by atoms with van der Waals surface area (Å²) in [6, 6.07) is 13.3. The summed E-state index contributed by atoms with van der Waals surface area (Å²) in [6.07, 6.45) is 2.69. The minimum atomic E-state index is -3.56. The van der Waals surface area contributed by atoms with Crippen LogP contribution >= 0.6 is 11.6 Å². The molecule has 0 amide bonds. The van der Waals surface area contributed by atoms with Crippen LogP contribution in [0, 0.1) is 0 Å². The number of aromatic nitrogens is 2. The molecule has 0 aliphatic carbocycles. The Kier molecular flexibility index (Phi) is 4.75. The molecular formula is C19H18ClN3O3S. The molecule has 6 nitrogen and oxygen atoms in total. The smallest absolute Gasteiger partial charge is 0.261 e. The van der Waals surface area contributed by atoms with E-state index in [4.69, 9.17) is 11.6 Å². The highest BCUT2D eigenvalue weighted by atomic mass is 35.5. The van der Waals surface area contributed by atoms with Gasteiger partial charge in [0.2, 0.25) is 10.0 Å². The van der Waals surface area contributed by atoms with Gasteiger partial charge in [0, 0.05) is 24.2 Å². The van der Waals surface area contributed by atoms with Gasteiger partial charge in [0.1, 0.15) is 0 Å². The number of sulfonamides is 1. The molecule has 140 valence electrons. The Morgan fingerprint density at radius 3 is 2.37 bits per heavy atom. The van der Waals surface area contributed by atoms with Crippen molar-refractivity contribution in [3.63, 3.8) is 0 Å². The van der Waals surface area contributed by atoms with Crippen molar-refractivity contribution in [2.45, 2.75) is 23.8 Å². The van der Waals surface area contributed by atoms with Crippen LogP contribution in [-0.4, -0.2) is 35.4 Å². The first-order chi connectivity index (χ1) is 13.0. The lowest BCUT2D eigenvalue weighted by atomic mass is 10.1. The molecule has 0 N–H and O–H groups in total. The van der Waals surface area contributed by atoms with Crippen molar-refractivity contribution in [1.82, 2.24) is 13.9 Å². The lowest BCUT2D eigenvalue weighted by Gasteiger charge is -2.32. The van der Waals surface area contributed by atoms with Gasteiger partial charge < -0.3 is 0 Å². The van der Waals surface area contributed by atoms with Crippen molar-refractivity contribution in [2.24, 2.45) is 0 Å². The normalized spacial score (nSPS) is 16.6. The Labute approximate surface area is 162 Å². The van der Waals surface area contributed by atoms with Crippen LogP contribution in [0.15, 0.2) is 64.5 Å². The lowest BCUT2D eigenvalue weighted by molar-refractivity contribution is 0.269. The van der Waals surface area contributed by atoms with Gasteiger partial charge in [-0.25, -0.2) is 13.4 Å². The van der Waals surface area contributed by atoms with E-state index in [-0.39, 0.29) is 16.5 Å². The highest BCUT2D eigenvalue weighted by molar-refractivity contribution is 7.89. The van der Waals surface area contributed by atoms with E-state index in [1.54, 1.807) is 29.1 Å². The molecule has 3 aromatic rings. The Morgan fingerprint density at radius 2 is 1.67 bits per heavy atom. The van der Waals surface area contributed by atoms with Crippen molar-refractivity contribution in [2.75, 3.05) is 13.1 Å². The van der Waals surface area contributed by atoms with Crippen molar-refractivity contribution < 1.29 is 8.42 Å². The van der Waals surface area contributed by atoms with Gasteiger partial charge in [-0.1, -0.05) is 23.7 Å². The van der Waals surface area contributed by atoms with Gasteiger partial charge >= 0.3 is 0 Å². The van der Waals surface area contributed by atoms with E-state index in [0.717, 1.165) is 0 Å². The number of nitrogens with zero attached hydrogens (tertiary/aromatic N) is 3. The number of halogens is 1. The average molecular weight is 404 g/mol. The molecule has 1 aliphatic heterocycles. The lowest BCUT2D eigenvalue weighted by Crippen LogP contribution is -2.40. The predicted molar refractivity (Wildman–Crippen MR) is 104 cm³/mol. The third kappa shape index (κ3) is 3.38. The Hall–Kier alpha value is -2.22. The van der Waals surface area contributed by atoms with Gasteiger partial charge in [-0.15, -0.1) is 0 Å². The number of hydrogen-bond acceptors (Lipinski definition) is 4. The SMILES string of the molecule is O=c1c2ccccc2ncn1C1CCN(S(=O)(=O)c2ccc(Cl)cc2)CC1. The quantitative estimate of drug-likeness (QED) is 0.673. The van der Waals surface area contributed by atoms with Crippen molar-refractivity contribution in [1.29, 1.82) is 0 Å². The molecule has 8 heteroatoms. The second kappa shape index (κ2) is 7.07. The third-order valence-electron chi connectivity index (χ3n) is 4.96. The summed E-state index contributed by atoms with van der Waals surface area (Å²) in [5.74, 6) is 0. The fourth-order valence-corrected chi connectivity index (χ4v) is 5.06. The Morgan fingerprint density at radius 1 is 1.00 bits per heavy atom. The topological polar surface area (TPSA) is 72.3 Å². The van der Waals surface area contributed by atoms with E-state index in [0.29, 0.717) is 41.9 Å². The van der Waals surface area contributed by atoms with E-state index in [1.165, 1.54) is 16.4 Å². The molecule has 4 rings (SSSR count). The molecule has 1 saturated heterocycles. The van der Waals surface area contributed by atoms with Crippen LogP contribution < -0.4 is 5.56 Å². The van der Waals surface area contributed by atoms with E-state index in [2.05, 4.69) is 4.98 Å². The fraction of sp³-hybridized carbons (Fsp3) is 0.263. The molecule has 0 spiro atoms. The summed E-state index contributed by atoms with van der Waals surface area (Å²) in [5, 5.41) is 1.08. The number of piperidine rings is 1. The molecule has 2 aromatic carbocycles. The number of rotatable bonds is 3. The van der Waals surface area contributed by atoms with Gasteiger partial charge in [0.15, 0.2) is 0 Å². The van der Waals surface area contributed by atoms with Gasteiger partial charge in [0.25, 0.3) is 5.56 Å². The maximum Gasteiger partial charge on any atom is 0.261 e. The zero-order valence-electron chi connectivity index (χ0n) is 14.5. The molecule has 1 fully saturated rings. The summed E-state index contributed by atoms with van der Waals surface area (Å²) >= 11 is 5.84. The minimum absolute atomic E-state index is 0.0636. The molecule has 1 aliphatic rings. The number of benzene rings is 2. The molecule has 2 heterocycles. The fourth-order valence-electron chi connectivity index (χ4n) is 3.46. The molecule has 0 unspecified atom stereocenters. The second-order valence-electron chi connectivity index (χ2n) is 6.56. The zero-order valence-corrected chi connectivity index (χ0v) is 16.0. The molecule has 0 radical (unpaired) electrons. The number of hydrogen-bond donors (Lipinski definition) is 0. The summed E-state index contributed by atoms with van der Waals surface area (Å²) < 4.78 is 28.7. The monoisotopic (exact) mass is 403 g/mol. The third-order valence-corrected chi connectivity index (χ3v) is 7.12. The molecule has 1 aromatic heterocycles. The second-order valence-corrected chi connectivity index (χ2v) is 8.94. The van der Waals surface area contributed by atoms with E-state index < -0.39 is 10.0 Å². The molecule has 0 atom stereocenters. The summed E-state index contributed by atoms with van der Waals surface area (Å²) in [4.78, 5) is 17.3. The van der Waals surface area contributed by atoms with Crippen LogP contribution in [-0.2, 0) is 10.0 Å². The first kappa shape index (κ1) is 18.2. The van der Waals surface area contributed by atoms with E-state index >= 15 is 0 Å². The predicted octanol–water partition coefficient (Wildman–Crippen LogP) is 3.08. The first-order valence-corrected chi connectivity index (χ1v) is 10.5. The maximum atomic E-state index is 12.8. The minimum Gasteiger partial charge on any atom is -0.296 e. The molecule has 27 heavy (non-hydrogen) atoms. The van der Waals surface area contributed by atoms with Crippen LogP contribution in [0.25, 0.3) is 10.9 Å². The van der Waals surface area contributed by atoms with Crippen molar-refractivity contribution in [3.05, 3.63) is 70.2 Å². The average Bonchev–Trinajstić information content (AvgIpc) is 2.69. The standard InChI is InChI=1S/C19H18ClN3O3S/c20-14-5-7-16(8-6-14)27(25,26)22-11-9-15(10-12-22)23-13-21-18-4-2-1-3-17(18)19(23)24/h1-8,13,15H,9-12H2. The Balaban J connectivity index is 1.55. The van der Waals surface area contributed by atoms with Crippen molar-refractivity contribution in [3.8, 4) is 0 Å². The van der Waals surface area contributed by atoms with Crippen LogP contribution in [0.4, 0.5) is 0 Å². The first-order valence-electron chi connectivity index (χ1n) is 8.68. The van der Waals surface area contributed by atoms with Crippen molar-refractivity contribution >= 4 is 32.5 Å². The van der Waals surface area contributed by atoms with Crippen LogP contribution in [0.1, 0.15) is 18.9 Å². The van der Waals surface area contributed by atoms with Gasteiger partial charge in [-0.2, -0.15) is 4.31 Å². The molecule has 0 bridgehead atoms. The van der Waals surface area contributed by atoms with E-state index in [9.17, 15) is 13.2 Å². The zero-order chi connectivity index (χ0) is 19.0. The maximum absolute atomic E-state index is 12.8. The Bertz CT molecular complexity index is 1130. The highest BCUT2D eigenvalue weighted by Crippen LogP contribution is 2.26. The molecule has 0 saturated carbocycles. The van der Waals surface area contributed by atoms with Crippen LogP contribution in [0.3, 0.4) is 0 Å². The summed E-state index contributed by atoms with van der Waals surface area (Å²) in [5.41, 5.74) is 0.584. The van der Waals surface area contributed by atoms with Gasteiger partial charge in [0.05, 0.1) is 22.1 Å². The number of para-hydroxylation sites is 1. The van der Waals surface area contributed by atoms with Gasteiger partial charge in [-0.05, 0) is 49.2 Å². The summed E-state index contributed by atoms with van der Waals surface area (Å²) in [6.45, 7) is 0.712. The molecular weight excluding hydrogens is 386 g/mol. The van der Waals surface area contributed by atoms with E-state index in [1.807, 2.05) is 18.2 Å². The van der Waals surface area contributed by atoms with Crippen LogP contribution in [0.5, 0.6) is 0 Å². The summed E-state index contributed by atoms with van der Waals surface area (Å²) in [7, 11) is -3.56. The highest BCUT2D eigenvalue weighted by Gasteiger charge is 2.30. The largest absolute Gasteiger partial charge is 0.296 e.